The molecular formula is C15H20N4O2. The molecule has 1 aromatic carbocycles. The summed E-state index contributed by atoms with van der Waals surface area (Å²) in [6.45, 7) is 4.61. The maximum Gasteiger partial charge on any atom is 0.273 e. The van der Waals surface area contributed by atoms with E-state index in [9.17, 15) is 4.79 Å². The van der Waals surface area contributed by atoms with Crippen LogP contribution in [-0.4, -0.2) is 39.2 Å². The van der Waals surface area contributed by atoms with Crippen molar-refractivity contribution in [3.8, 4) is 5.69 Å². The van der Waals surface area contributed by atoms with E-state index in [-0.39, 0.29) is 24.1 Å². The van der Waals surface area contributed by atoms with E-state index in [4.69, 9.17) is 5.11 Å². The van der Waals surface area contributed by atoms with E-state index >= 15 is 0 Å². The molecule has 0 fully saturated rings. The monoisotopic (exact) mass is 288 g/mol. The van der Waals surface area contributed by atoms with Crippen molar-refractivity contribution in [1.29, 1.82) is 0 Å². The number of carbonyl (C=O) groups is 1. The predicted octanol–water partition coefficient (Wildman–Crippen LogP) is 1.32. The van der Waals surface area contributed by atoms with Crippen LogP contribution in [0, 0.1) is 12.8 Å². The highest BCUT2D eigenvalue weighted by molar-refractivity contribution is 5.91. The van der Waals surface area contributed by atoms with E-state index in [1.54, 1.807) is 10.9 Å². The summed E-state index contributed by atoms with van der Waals surface area (Å²) < 4.78 is 1.58. The van der Waals surface area contributed by atoms with Gasteiger partial charge in [-0.25, -0.2) is 4.68 Å². The SMILES string of the molecule is Cc1cccc(-n2cc(C(=O)NCC(C)CCO)nn2)c1. The van der Waals surface area contributed by atoms with Crippen LogP contribution in [0.3, 0.4) is 0 Å². The minimum absolute atomic E-state index is 0.126. The Balaban J connectivity index is 2.01. The largest absolute Gasteiger partial charge is 0.396 e. The fourth-order valence-electron chi connectivity index (χ4n) is 1.94. The first kappa shape index (κ1) is 15.2. The number of amides is 1. The van der Waals surface area contributed by atoms with Crippen LogP contribution >= 0.6 is 0 Å². The molecule has 0 saturated heterocycles. The van der Waals surface area contributed by atoms with Gasteiger partial charge in [0.1, 0.15) is 0 Å². The summed E-state index contributed by atoms with van der Waals surface area (Å²) in [5.74, 6) is -0.0236. The van der Waals surface area contributed by atoms with E-state index in [1.165, 1.54) is 0 Å². The summed E-state index contributed by atoms with van der Waals surface area (Å²) in [5, 5.41) is 19.5. The van der Waals surface area contributed by atoms with E-state index in [1.807, 2.05) is 38.1 Å². The van der Waals surface area contributed by atoms with Gasteiger partial charge in [-0.15, -0.1) is 5.10 Å². The molecule has 0 aliphatic rings. The smallest absolute Gasteiger partial charge is 0.273 e. The number of hydrogen-bond acceptors (Lipinski definition) is 4. The van der Waals surface area contributed by atoms with Crippen LogP contribution in [0.2, 0.25) is 0 Å². The molecule has 112 valence electrons. The van der Waals surface area contributed by atoms with E-state index < -0.39 is 0 Å². The minimum atomic E-state index is -0.251. The van der Waals surface area contributed by atoms with Crippen LogP contribution < -0.4 is 5.32 Å². The lowest BCUT2D eigenvalue weighted by atomic mass is 10.1. The molecule has 0 saturated carbocycles. The number of nitrogens with one attached hydrogen (secondary N) is 1. The summed E-state index contributed by atoms with van der Waals surface area (Å²) >= 11 is 0. The summed E-state index contributed by atoms with van der Waals surface area (Å²) in [6, 6.07) is 7.81. The maximum absolute atomic E-state index is 12.0. The second kappa shape index (κ2) is 6.99. The molecule has 1 heterocycles. The van der Waals surface area contributed by atoms with Gasteiger partial charge in [-0.05, 0) is 37.0 Å². The number of rotatable bonds is 6. The number of hydrogen-bond donors (Lipinski definition) is 2. The van der Waals surface area contributed by atoms with Gasteiger partial charge in [0.2, 0.25) is 0 Å². The Morgan fingerprint density at radius 2 is 2.29 bits per heavy atom. The Morgan fingerprint density at radius 3 is 3.00 bits per heavy atom. The quantitative estimate of drug-likeness (QED) is 0.840. The van der Waals surface area contributed by atoms with Gasteiger partial charge in [0.15, 0.2) is 5.69 Å². The highest BCUT2D eigenvalue weighted by Crippen LogP contribution is 2.09. The van der Waals surface area contributed by atoms with Crippen molar-refractivity contribution in [3.05, 3.63) is 41.7 Å². The molecule has 2 N–H and O–H groups in total. The molecular weight excluding hydrogens is 268 g/mol. The van der Waals surface area contributed by atoms with Gasteiger partial charge in [-0.2, -0.15) is 0 Å². The molecule has 0 bridgehead atoms. The maximum atomic E-state index is 12.0. The number of carbonyl (C=O) groups excluding carboxylic acids is 1. The Hall–Kier alpha value is -2.21. The Bertz CT molecular complexity index is 609. The first-order valence-electron chi connectivity index (χ1n) is 6.98. The third-order valence-electron chi connectivity index (χ3n) is 3.23. The number of aliphatic hydroxyl groups is 1. The molecule has 0 aliphatic carbocycles. The van der Waals surface area contributed by atoms with Gasteiger partial charge in [0.25, 0.3) is 5.91 Å². The van der Waals surface area contributed by atoms with Crippen LogP contribution in [0.5, 0.6) is 0 Å². The average Bonchev–Trinajstić information content (AvgIpc) is 2.95. The first-order chi connectivity index (χ1) is 10.1. The molecule has 6 nitrogen and oxygen atoms in total. The lowest BCUT2D eigenvalue weighted by molar-refractivity contribution is 0.0940. The van der Waals surface area contributed by atoms with Gasteiger partial charge >= 0.3 is 0 Å². The Kier molecular flexibility index (Phi) is 5.05. The lowest BCUT2D eigenvalue weighted by Gasteiger charge is -2.09. The topological polar surface area (TPSA) is 80.0 Å². The van der Waals surface area contributed by atoms with E-state index in [0.29, 0.717) is 13.0 Å². The van der Waals surface area contributed by atoms with Crippen molar-refractivity contribution in [2.24, 2.45) is 5.92 Å². The molecule has 21 heavy (non-hydrogen) atoms. The zero-order valence-electron chi connectivity index (χ0n) is 12.3. The Morgan fingerprint density at radius 1 is 1.48 bits per heavy atom. The Labute approximate surface area is 123 Å². The molecule has 2 rings (SSSR count). The fraction of sp³-hybridized carbons (Fsp3) is 0.400. The van der Waals surface area contributed by atoms with Crippen molar-refractivity contribution in [2.45, 2.75) is 20.3 Å². The van der Waals surface area contributed by atoms with Gasteiger partial charge in [-0.3, -0.25) is 4.79 Å². The summed E-state index contributed by atoms with van der Waals surface area (Å²) in [6.07, 6.45) is 2.27. The second-order valence-electron chi connectivity index (χ2n) is 5.21. The normalized spacial score (nSPS) is 12.1. The lowest BCUT2D eigenvalue weighted by Crippen LogP contribution is -2.28. The van der Waals surface area contributed by atoms with Crippen molar-refractivity contribution < 1.29 is 9.90 Å². The standard InChI is InChI=1S/C15H20N4O2/c1-11-4-3-5-13(8-11)19-10-14(17-18-19)15(21)16-9-12(2)6-7-20/h3-5,8,10,12,20H,6-7,9H2,1-2H3,(H,16,21). The molecule has 2 aromatic rings. The van der Waals surface area contributed by atoms with Crippen molar-refractivity contribution in [2.75, 3.05) is 13.2 Å². The van der Waals surface area contributed by atoms with Crippen LogP contribution in [0.4, 0.5) is 0 Å². The van der Waals surface area contributed by atoms with Crippen molar-refractivity contribution >= 4 is 5.91 Å². The highest BCUT2D eigenvalue weighted by atomic mass is 16.3. The van der Waals surface area contributed by atoms with Gasteiger partial charge in [-0.1, -0.05) is 24.3 Å². The van der Waals surface area contributed by atoms with Gasteiger partial charge < -0.3 is 10.4 Å². The molecule has 1 amide bonds. The van der Waals surface area contributed by atoms with E-state index in [2.05, 4.69) is 15.6 Å². The number of aryl methyl sites for hydroxylation is 1. The third-order valence-corrected chi connectivity index (χ3v) is 3.23. The number of aliphatic hydroxyl groups excluding tert-OH is 1. The number of nitrogens with zero attached hydrogens (tertiary/aromatic N) is 3. The van der Waals surface area contributed by atoms with Gasteiger partial charge in [0.05, 0.1) is 11.9 Å². The summed E-state index contributed by atoms with van der Waals surface area (Å²) in [7, 11) is 0. The van der Waals surface area contributed by atoms with E-state index in [0.717, 1.165) is 11.3 Å². The first-order valence-corrected chi connectivity index (χ1v) is 6.98. The molecule has 0 aliphatic heterocycles. The molecule has 6 heteroatoms. The zero-order valence-corrected chi connectivity index (χ0v) is 12.3. The van der Waals surface area contributed by atoms with Crippen LogP contribution in [-0.2, 0) is 0 Å². The van der Waals surface area contributed by atoms with Crippen LogP contribution in [0.15, 0.2) is 30.5 Å². The molecule has 0 radical (unpaired) electrons. The fourth-order valence-corrected chi connectivity index (χ4v) is 1.94. The van der Waals surface area contributed by atoms with Crippen LogP contribution in [0.25, 0.3) is 5.69 Å². The molecule has 1 aromatic heterocycles. The highest BCUT2D eigenvalue weighted by Gasteiger charge is 2.12. The second-order valence-corrected chi connectivity index (χ2v) is 5.21. The van der Waals surface area contributed by atoms with Gasteiger partial charge in [0, 0.05) is 13.2 Å². The third kappa shape index (κ3) is 4.13. The van der Waals surface area contributed by atoms with Crippen LogP contribution in [0.1, 0.15) is 29.4 Å². The minimum Gasteiger partial charge on any atom is -0.396 e. The average molecular weight is 288 g/mol. The molecule has 1 unspecified atom stereocenters. The summed E-state index contributed by atoms with van der Waals surface area (Å²) in [4.78, 5) is 12.0. The molecule has 1 atom stereocenters. The van der Waals surface area contributed by atoms with Crippen molar-refractivity contribution in [1.82, 2.24) is 20.3 Å². The predicted molar refractivity (Wildman–Crippen MR) is 79.3 cm³/mol. The number of aromatic nitrogens is 3. The number of benzene rings is 1. The zero-order chi connectivity index (χ0) is 15.2. The summed E-state index contributed by atoms with van der Waals surface area (Å²) in [5.41, 5.74) is 2.27. The molecule has 0 spiro atoms. The van der Waals surface area contributed by atoms with Crippen molar-refractivity contribution in [3.63, 3.8) is 0 Å².